The molecule has 8 nitrogen and oxygen atoms in total. The zero-order chi connectivity index (χ0) is 16.9. The van der Waals surface area contributed by atoms with Gasteiger partial charge in [-0.05, 0) is 24.6 Å². The molecule has 0 unspecified atom stereocenters. The first-order valence-corrected chi connectivity index (χ1v) is 8.94. The van der Waals surface area contributed by atoms with E-state index < -0.39 is 16.1 Å². The minimum absolute atomic E-state index is 0.119. The standard InChI is InChI=1S/C14H20N2O6S/c1-10(6-16-23(2,18)19)20-8-14(17)15-7-11-3-4-12-13(5-11)22-9-21-12/h3-5,10,16H,6-9H2,1-2H3,(H,15,17)/t10-/m1/s1. The van der Waals surface area contributed by atoms with Gasteiger partial charge in [-0.1, -0.05) is 6.07 Å². The molecule has 0 aromatic heterocycles. The van der Waals surface area contributed by atoms with Crippen LogP contribution in [0.5, 0.6) is 11.5 Å². The van der Waals surface area contributed by atoms with Gasteiger partial charge in [0.2, 0.25) is 22.7 Å². The van der Waals surface area contributed by atoms with Crippen molar-refractivity contribution < 1.29 is 27.4 Å². The number of sulfonamides is 1. The van der Waals surface area contributed by atoms with Crippen LogP contribution in [-0.2, 0) is 26.1 Å². The van der Waals surface area contributed by atoms with Crippen molar-refractivity contribution in [1.29, 1.82) is 0 Å². The Kier molecular flexibility index (Phi) is 5.80. The Balaban J connectivity index is 1.69. The summed E-state index contributed by atoms with van der Waals surface area (Å²) in [6.45, 7) is 2.21. The highest BCUT2D eigenvalue weighted by atomic mass is 32.2. The largest absolute Gasteiger partial charge is 0.454 e. The minimum Gasteiger partial charge on any atom is -0.454 e. The van der Waals surface area contributed by atoms with Crippen molar-refractivity contribution >= 4 is 15.9 Å². The van der Waals surface area contributed by atoms with Crippen LogP contribution >= 0.6 is 0 Å². The molecule has 0 bridgehead atoms. The lowest BCUT2D eigenvalue weighted by Gasteiger charge is -2.13. The van der Waals surface area contributed by atoms with Gasteiger partial charge in [0.25, 0.3) is 0 Å². The smallest absolute Gasteiger partial charge is 0.246 e. The number of hydrogen-bond acceptors (Lipinski definition) is 6. The molecule has 1 aromatic rings. The predicted octanol–water partition coefficient (Wildman–Crippen LogP) is -0.0142. The maximum absolute atomic E-state index is 11.7. The number of benzene rings is 1. The van der Waals surface area contributed by atoms with Crippen LogP contribution in [0.1, 0.15) is 12.5 Å². The van der Waals surface area contributed by atoms with Crippen LogP contribution in [0.3, 0.4) is 0 Å². The molecular weight excluding hydrogens is 324 g/mol. The second-order valence-corrected chi connectivity index (χ2v) is 7.04. The fourth-order valence-electron chi connectivity index (χ4n) is 1.85. The summed E-state index contributed by atoms with van der Waals surface area (Å²) < 4.78 is 40.0. The average Bonchev–Trinajstić information content (AvgIpc) is 2.95. The number of carbonyl (C=O) groups excluding carboxylic acids is 1. The maximum Gasteiger partial charge on any atom is 0.246 e. The Morgan fingerprint density at radius 1 is 1.35 bits per heavy atom. The van der Waals surface area contributed by atoms with Crippen LogP contribution in [0.4, 0.5) is 0 Å². The van der Waals surface area contributed by atoms with Gasteiger partial charge in [0, 0.05) is 13.1 Å². The van der Waals surface area contributed by atoms with Crippen LogP contribution in [0.2, 0.25) is 0 Å². The van der Waals surface area contributed by atoms with E-state index in [1.165, 1.54) is 0 Å². The lowest BCUT2D eigenvalue weighted by atomic mass is 10.2. The fourth-order valence-corrected chi connectivity index (χ4v) is 2.39. The molecule has 1 aromatic carbocycles. The Bertz CT molecular complexity index is 661. The molecular formula is C14H20N2O6S. The molecule has 0 aliphatic carbocycles. The molecule has 23 heavy (non-hydrogen) atoms. The van der Waals surface area contributed by atoms with Crippen molar-refractivity contribution in [2.24, 2.45) is 0 Å². The van der Waals surface area contributed by atoms with Crippen molar-refractivity contribution in [3.8, 4) is 11.5 Å². The predicted molar refractivity (Wildman–Crippen MR) is 82.7 cm³/mol. The van der Waals surface area contributed by atoms with E-state index >= 15 is 0 Å². The first-order valence-electron chi connectivity index (χ1n) is 7.05. The summed E-state index contributed by atoms with van der Waals surface area (Å²) in [7, 11) is -3.26. The molecule has 9 heteroatoms. The highest BCUT2D eigenvalue weighted by molar-refractivity contribution is 7.88. The van der Waals surface area contributed by atoms with Crippen molar-refractivity contribution in [3.05, 3.63) is 23.8 Å². The summed E-state index contributed by atoms with van der Waals surface area (Å²) in [5.74, 6) is 1.07. The molecule has 0 fully saturated rings. The van der Waals surface area contributed by atoms with Crippen LogP contribution in [0.15, 0.2) is 18.2 Å². The number of carbonyl (C=O) groups is 1. The van der Waals surface area contributed by atoms with E-state index in [4.69, 9.17) is 14.2 Å². The van der Waals surface area contributed by atoms with Gasteiger partial charge < -0.3 is 19.5 Å². The summed E-state index contributed by atoms with van der Waals surface area (Å²) in [5.41, 5.74) is 0.884. The Morgan fingerprint density at radius 2 is 2.09 bits per heavy atom. The van der Waals surface area contributed by atoms with Crippen molar-refractivity contribution in [1.82, 2.24) is 10.0 Å². The normalized spacial score (nSPS) is 14.5. The van der Waals surface area contributed by atoms with Crippen molar-refractivity contribution in [3.63, 3.8) is 0 Å². The highest BCUT2D eigenvalue weighted by Gasteiger charge is 2.14. The molecule has 0 spiro atoms. The molecule has 2 rings (SSSR count). The van der Waals surface area contributed by atoms with Gasteiger partial charge in [-0.15, -0.1) is 0 Å². The molecule has 1 aliphatic rings. The monoisotopic (exact) mass is 344 g/mol. The summed E-state index contributed by atoms with van der Waals surface area (Å²) >= 11 is 0. The van der Waals surface area contributed by atoms with E-state index in [2.05, 4.69) is 10.0 Å². The lowest BCUT2D eigenvalue weighted by Crippen LogP contribution is -2.34. The van der Waals surface area contributed by atoms with E-state index in [9.17, 15) is 13.2 Å². The SMILES string of the molecule is C[C@H](CNS(C)(=O)=O)OCC(=O)NCc1ccc2c(c1)OCO2. The maximum atomic E-state index is 11.7. The number of hydrogen-bond donors (Lipinski definition) is 2. The van der Waals surface area contributed by atoms with Crippen LogP contribution in [0, 0.1) is 0 Å². The molecule has 1 aliphatic heterocycles. The van der Waals surface area contributed by atoms with E-state index in [0.29, 0.717) is 18.0 Å². The van der Waals surface area contributed by atoms with Gasteiger partial charge in [0.1, 0.15) is 6.61 Å². The van der Waals surface area contributed by atoms with Gasteiger partial charge in [-0.2, -0.15) is 0 Å². The summed E-state index contributed by atoms with van der Waals surface area (Å²) in [6, 6.07) is 5.44. The average molecular weight is 344 g/mol. The van der Waals surface area contributed by atoms with Crippen LogP contribution < -0.4 is 19.5 Å². The minimum atomic E-state index is -3.26. The third-order valence-electron chi connectivity index (χ3n) is 3.06. The number of nitrogens with one attached hydrogen (secondary N) is 2. The number of amides is 1. The second kappa shape index (κ2) is 7.62. The zero-order valence-electron chi connectivity index (χ0n) is 13.0. The van der Waals surface area contributed by atoms with Crippen LogP contribution in [0.25, 0.3) is 0 Å². The van der Waals surface area contributed by atoms with Gasteiger partial charge in [0.05, 0.1) is 12.4 Å². The highest BCUT2D eigenvalue weighted by Crippen LogP contribution is 2.32. The van der Waals surface area contributed by atoms with Crippen LogP contribution in [-0.4, -0.2) is 46.6 Å². The van der Waals surface area contributed by atoms with E-state index in [-0.39, 0.29) is 25.9 Å². The number of fused-ring (bicyclic) bond motifs is 1. The molecule has 2 N–H and O–H groups in total. The molecule has 1 amide bonds. The Hall–Kier alpha value is -1.84. The molecule has 0 saturated carbocycles. The quantitative estimate of drug-likeness (QED) is 0.687. The molecule has 1 heterocycles. The first-order chi connectivity index (χ1) is 10.8. The third-order valence-corrected chi connectivity index (χ3v) is 3.75. The van der Waals surface area contributed by atoms with E-state index in [1.807, 2.05) is 12.1 Å². The van der Waals surface area contributed by atoms with E-state index in [1.54, 1.807) is 13.0 Å². The van der Waals surface area contributed by atoms with Gasteiger partial charge in [-0.25, -0.2) is 13.1 Å². The Morgan fingerprint density at radius 3 is 2.83 bits per heavy atom. The number of rotatable bonds is 8. The zero-order valence-corrected chi connectivity index (χ0v) is 13.8. The van der Waals surface area contributed by atoms with E-state index in [0.717, 1.165) is 11.8 Å². The molecule has 0 radical (unpaired) electrons. The summed E-state index contributed by atoms with van der Waals surface area (Å²) in [6.07, 6.45) is 0.665. The topological polar surface area (TPSA) is 103 Å². The molecule has 128 valence electrons. The summed E-state index contributed by atoms with van der Waals surface area (Å²) in [5, 5.41) is 2.72. The molecule has 0 saturated heterocycles. The second-order valence-electron chi connectivity index (χ2n) is 5.21. The van der Waals surface area contributed by atoms with Gasteiger partial charge >= 0.3 is 0 Å². The first kappa shape index (κ1) is 17.5. The van der Waals surface area contributed by atoms with Crippen molar-refractivity contribution in [2.45, 2.75) is 19.6 Å². The summed E-state index contributed by atoms with van der Waals surface area (Å²) in [4.78, 5) is 11.7. The van der Waals surface area contributed by atoms with Gasteiger partial charge in [0.15, 0.2) is 11.5 Å². The van der Waals surface area contributed by atoms with Crippen molar-refractivity contribution in [2.75, 3.05) is 26.2 Å². The Labute approximate surface area is 135 Å². The molecule has 1 atom stereocenters. The number of ether oxygens (including phenoxy) is 3. The fraction of sp³-hybridized carbons (Fsp3) is 0.500. The third kappa shape index (κ3) is 6.05. The lowest BCUT2D eigenvalue weighted by molar-refractivity contribution is -0.127. The van der Waals surface area contributed by atoms with Gasteiger partial charge in [-0.3, -0.25) is 4.79 Å².